The summed E-state index contributed by atoms with van der Waals surface area (Å²) in [5, 5.41) is 9.31. The van der Waals surface area contributed by atoms with E-state index in [1.807, 2.05) is 28.9 Å². The highest BCUT2D eigenvalue weighted by Crippen LogP contribution is 2.38. The van der Waals surface area contributed by atoms with Crippen LogP contribution in [0.25, 0.3) is 16.9 Å². The van der Waals surface area contributed by atoms with Crippen molar-refractivity contribution in [1.29, 1.82) is 0 Å². The van der Waals surface area contributed by atoms with E-state index < -0.39 is 0 Å². The maximum Gasteiger partial charge on any atom is 0.133 e. The molecular weight excluding hydrogens is 444 g/mol. The van der Waals surface area contributed by atoms with Crippen molar-refractivity contribution in [1.82, 2.24) is 9.78 Å². The molecule has 116 valence electrons. The molecule has 0 radical (unpaired) electrons. The number of nitrogens with one attached hydrogen (secondary N) is 1. The number of anilines is 1. The van der Waals surface area contributed by atoms with Crippen LogP contribution in [-0.2, 0) is 6.42 Å². The van der Waals surface area contributed by atoms with Gasteiger partial charge in [-0.25, -0.2) is 4.68 Å². The van der Waals surface area contributed by atoms with Crippen molar-refractivity contribution < 1.29 is 0 Å². The number of hydrogen-bond donors (Lipinski definition) is 1. The molecule has 0 unspecified atom stereocenters. The summed E-state index contributed by atoms with van der Waals surface area (Å²) in [5.41, 5.74) is 4.17. The Hall–Kier alpha value is -1.24. The fraction of sp³-hybridized carbons (Fsp3) is 0.118. The Balaban J connectivity index is 1.96. The van der Waals surface area contributed by atoms with Gasteiger partial charge in [0, 0.05) is 21.2 Å². The van der Waals surface area contributed by atoms with Gasteiger partial charge in [0.25, 0.3) is 0 Å². The van der Waals surface area contributed by atoms with Gasteiger partial charge in [-0.15, -0.1) is 0 Å². The second-order valence-corrected chi connectivity index (χ2v) is 7.26. The predicted molar refractivity (Wildman–Crippen MR) is 104 cm³/mol. The van der Waals surface area contributed by atoms with Crippen LogP contribution in [0, 0.1) is 3.57 Å². The quantitative estimate of drug-likeness (QED) is 0.523. The lowest BCUT2D eigenvalue weighted by atomic mass is 10.1. The molecule has 0 saturated heterocycles. The van der Waals surface area contributed by atoms with Crippen LogP contribution in [0.2, 0.25) is 10.0 Å². The number of fused-ring (bicyclic) bond motifs is 1. The second-order valence-electron chi connectivity index (χ2n) is 5.32. The third kappa shape index (κ3) is 2.53. The lowest BCUT2D eigenvalue weighted by Gasteiger charge is -2.09. The molecule has 0 fully saturated rings. The van der Waals surface area contributed by atoms with Gasteiger partial charge in [-0.05, 0) is 47.2 Å². The smallest absolute Gasteiger partial charge is 0.133 e. The van der Waals surface area contributed by atoms with Gasteiger partial charge in [-0.2, -0.15) is 5.10 Å². The minimum atomic E-state index is 0.516. The first kappa shape index (κ1) is 15.3. The van der Waals surface area contributed by atoms with E-state index in [0.29, 0.717) is 10.0 Å². The molecule has 3 nitrogen and oxygen atoms in total. The molecular formula is C17H12Cl2IN3. The first-order chi connectivity index (χ1) is 11.2. The average molecular weight is 456 g/mol. The van der Waals surface area contributed by atoms with Crippen LogP contribution in [0.1, 0.15) is 5.56 Å². The molecule has 0 bridgehead atoms. The van der Waals surface area contributed by atoms with Crippen LogP contribution in [0.4, 0.5) is 5.82 Å². The zero-order valence-electron chi connectivity index (χ0n) is 12.0. The largest absolute Gasteiger partial charge is 0.369 e. The third-order valence-corrected chi connectivity index (χ3v) is 5.69. The van der Waals surface area contributed by atoms with Crippen LogP contribution in [0.3, 0.4) is 0 Å². The Labute approximate surface area is 157 Å². The fourth-order valence-electron chi connectivity index (χ4n) is 2.87. The topological polar surface area (TPSA) is 29.9 Å². The monoisotopic (exact) mass is 455 g/mol. The summed E-state index contributed by atoms with van der Waals surface area (Å²) < 4.78 is 3.05. The van der Waals surface area contributed by atoms with Gasteiger partial charge in [0.1, 0.15) is 5.82 Å². The molecule has 3 aromatic rings. The average Bonchev–Trinajstić information content (AvgIpc) is 3.13. The highest BCUT2D eigenvalue weighted by molar-refractivity contribution is 14.1. The van der Waals surface area contributed by atoms with Crippen molar-refractivity contribution in [3.63, 3.8) is 0 Å². The third-order valence-electron chi connectivity index (χ3n) is 3.94. The Kier molecular flexibility index (Phi) is 3.99. The minimum absolute atomic E-state index is 0.516. The van der Waals surface area contributed by atoms with Gasteiger partial charge in [-0.1, -0.05) is 47.5 Å². The van der Waals surface area contributed by atoms with Crippen LogP contribution in [0.5, 0.6) is 0 Å². The van der Waals surface area contributed by atoms with E-state index in [0.717, 1.165) is 35.7 Å². The number of benzene rings is 2. The van der Waals surface area contributed by atoms with E-state index in [4.69, 9.17) is 28.3 Å². The van der Waals surface area contributed by atoms with Crippen molar-refractivity contribution in [3.05, 3.63) is 61.6 Å². The summed E-state index contributed by atoms with van der Waals surface area (Å²) in [7, 11) is 0. The summed E-state index contributed by atoms with van der Waals surface area (Å²) >= 11 is 14.9. The van der Waals surface area contributed by atoms with E-state index in [9.17, 15) is 0 Å². The van der Waals surface area contributed by atoms with Gasteiger partial charge in [0.05, 0.1) is 21.4 Å². The Bertz CT molecular complexity index is 905. The molecule has 1 aliphatic heterocycles. The van der Waals surface area contributed by atoms with E-state index in [1.165, 1.54) is 9.13 Å². The summed E-state index contributed by atoms with van der Waals surface area (Å²) in [6.45, 7) is 0.905. The summed E-state index contributed by atoms with van der Waals surface area (Å²) in [4.78, 5) is 0. The molecule has 0 aliphatic carbocycles. The molecule has 2 heterocycles. The normalized spacial score (nSPS) is 13.0. The Morgan fingerprint density at radius 3 is 2.74 bits per heavy atom. The highest BCUT2D eigenvalue weighted by atomic mass is 127. The predicted octanol–water partition coefficient (Wildman–Crippen LogP) is 5.42. The zero-order valence-corrected chi connectivity index (χ0v) is 15.7. The molecule has 0 spiro atoms. The number of aromatic nitrogens is 2. The summed E-state index contributed by atoms with van der Waals surface area (Å²) in [6.07, 6.45) is 0.952. The molecule has 0 atom stereocenters. The van der Waals surface area contributed by atoms with Crippen molar-refractivity contribution in [2.45, 2.75) is 6.42 Å². The van der Waals surface area contributed by atoms with Crippen LogP contribution < -0.4 is 5.32 Å². The lowest BCUT2D eigenvalue weighted by molar-refractivity contribution is 0.882. The molecule has 1 N–H and O–H groups in total. The van der Waals surface area contributed by atoms with Crippen molar-refractivity contribution in [3.8, 4) is 16.9 Å². The van der Waals surface area contributed by atoms with Gasteiger partial charge in [0.15, 0.2) is 0 Å². The van der Waals surface area contributed by atoms with Crippen LogP contribution in [0.15, 0.2) is 42.5 Å². The number of nitrogens with zero attached hydrogens (tertiary/aromatic N) is 2. The van der Waals surface area contributed by atoms with Gasteiger partial charge >= 0.3 is 0 Å². The van der Waals surface area contributed by atoms with Crippen molar-refractivity contribution >= 4 is 51.6 Å². The molecule has 0 amide bonds. The van der Waals surface area contributed by atoms with Crippen molar-refractivity contribution in [2.75, 3.05) is 11.9 Å². The Morgan fingerprint density at radius 2 is 1.91 bits per heavy atom. The molecule has 1 aliphatic rings. The molecule has 23 heavy (non-hydrogen) atoms. The maximum atomic E-state index is 6.39. The van der Waals surface area contributed by atoms with E-state index in [2.05, 4.69) is 40.0 Å². The van der Waals surface area contributed by atoms with Gasteiger partial charge in [0.2, 0.25) is 0 Å². The molecule has 6 heteroatoms. The van der Waals surface area contributed by atoms with Crippen molar-refractivity contribution in [2.24, 2.45) is 0 Å². The van der Waals surface area contributed by atoms with E-state index in [-0.39, 0.29) is 0 Å². The maximum absolute atomic E-state index is 6.39. The molecule has 2 aromatic carbocycles. The fourth-order valence-corrected chi connectivity index (χ4v) is 3.89. The molecule has 4 rings (SSSR count). The SMILES string of the molecule is Clc1cccc(-n2nc(-c3ccccc3I)c3c2NCC3)c1Cl. The van der Waals surface area contributed by atoms with Crippen LogP contribution in [-0.4, -0.2) is 16.3 Å². The number of halogens is 3. The Morgan fingerprint density at radius 1 is 1.09 bits per heavy atom. The van der Waals surface area contributed by atoms with E-state index in [1.54, 1.807) is 6.07 Å². The highest BCUT2D eigenvalue weighted by Gasteiger charge is 2.25. The standard InChI is InChI=1S/C17H12Cl2IN3/c18-12-5-3-7-14(15(12)19)23-17-11(8-9-21-17)16(22-23)10-4-1-2-6-13(10)20/h1-7,21H,8-9H2. The summed E-state index contributed by atoms with van der Waals surface area (Å²) in [5.74, 6) is 1.00. The summed E-state index contributed by atoms with van der Waals surface area (Å²) in [6, 6.07) is 13.9. The van der Waals surface area contributed by atoms with E-state index >= 15 is 0 Å². The van der Waals surface area contributed by atoms with Gasteiger partial charge in [-0.3, -0.25) is 0 Å². The first-order valence-corrected chi connectivity index (χ1v) is 9.05. The molecule has 0 saturated carbocycles. The zero-order chi connectivity index (χ0) is 16.0. The number of rotatable bonds is 2. The lowest BCUT2D eigenvalue weighted by Crippen LogP contribution is -2.05. The van der Waals surface area contributed by atoms with Gasteiger partial charge < -0.3 is 5.32 Å². The number of hydrogen-bond acceptors (Lipinski definition) is 2. The van der Waals surface area contributed by atoms with Crippen LogP contribution >= 0.6 is 45.8 Å². The first-order valence-electron chi connectivity index (χ1n) is 7.22. The second kappa shape index (κ2) is 6.00. The minimum Gasteiger partial charge on any atom is -0.369 e. The molecule has 1 aromatic heterocycles.